The Morgan fingerprint density at radius 2 is 1.14 bits per heavy atom. The minimum atomic E-state index is 0.450. The Labute approximate surface area is 142 Å². The van der Waals surface area contributed by atoms with Crippen LogP contribution in [0.15, 0.2) is 8.68 Å². The van der Waals surface area contributed by atoms with Crippen molar-refractivity contribution in [2.45, 2.75) is 61.0 Å². The first-order valence-electron chi connectivity index (χ1n) is 7.70. The predicted octanol–water partition coefficient (Wildman–Crippen LogP) is 4.10. The van der Waals surface area contributed by atoms with Crippen LogP contribution in [0.25, 0.3) is 0 Å². The molecule has 0 saturated heterocycles. The SMILES string of the molecule is CCN(CC)C(C)Sc1nnc(SC(C)N(CC)CC)s1. The predicted molar refractivity (Wildman–Crippen MR) is 96.4 cm³/mol. The third-order valence-corrected chi connectivity index (χ3v) is 7.02. The molecule has 2 unspecified atom stereocenters. The molecule has 4 nitrogen and oxygen atoms in total. The highest BCUT2D eigenvalue weighted by molar-refractivity contribution is 8.03. The van der Waals surface area contributed by atoms with E-state index in [4.69, 9.17) is 0 Å². The normalized spacial score (nSPS) is 14.9. The van der Waals surface area contributed by atoms with Gasteiger partial charge in [0.25, 0.3) is 0 Å². The minimum Gasteiger partial charge on any atom is -0.292 e. The zero-order valence-corrected chi connectivity index (χ0v) is 16.4. The van der Waals surface area contributed by atoms with Gasteiger partial charge in [0.2, 0.25) is 0 Å². The van der Waals surface area contributed by atoms with Gasteiger partial charge in [-0.2, -0.15) is 0 Å². The highest BCUT2D eigenvalue weighted by Gasteiger charge is 2.17. The fraction of sp³-hybridized carbons (Fsp3) is 0.857. The van der Waals surface area contributed by atoms with Gasteiger partial charge in [-0.1, -0.05) is 62.6 Å². The van der Waals surface area contributed by atoms with E-state index < -0.39 is 0 Å². The lowest BCUT2D eigenvalue weighted by Crippen LogP contribution is -2.30. The van der Waals surface area contributed by atoms with Crippen molar-refractivity contribution in [3.05, 3.63) is 0 Å². The lowest BCUT2D eigenvalue weighted by atomic mass is 10.5. The third kappa shape index (κ3) is 6.06. The Morgan fingerprint density at radius 1 is 0.810 bits per heavy atom. The Bertz CT molecular complexity index is 357. The van der Waals surface area contributed by atoms with Gasteiger partial charge in [-0.05, 0) is 40.0 Å². The first-order valence-corrected chi connectivity index (χ1v) is 10.3. The van der Waals surface area contributed by atoms with E-state index in [0.29, 0.717) is 10.7 Å². The minimum absolute atomic E-state index is 0.450. The Balaban J connectivity index is 2.57. The van der Waals surface area contributed by atoms with Crippen molar-refractivity contribution in [3.63, 3.8) is 0 Å². The van der Waals surface area contributed by atoms with E-state index in [1.807, 2.05) is 23.5 Å². The Hall–Kier alpha value is 0.180. The van der Waals surface area contributed by atoms with Crippen LogP contribution >= 0.6 is 34.9 Å². The lowest BCUT2D eigenvalue weighted by Gasteiger charge is -2.24. The van der Waals surface area contributed by atoms with Crippen molar-refractivity contribution in [1.82, 2.24) is 20.0 Å². The average Bonchev–Trinajstić information content (AvgIpc) is 2.88. The number of thioether (sulfide) groups is 2. The van der Waals surface area contributed by atoms with Crippen molar-refractivity contribution in [3.8, 4) is 0 Å². The number of hydrogen-bond donors (Lipinski definition) is 0. The molecule has 0 aliphatic rings. The van der Waals surface area contributed by atoms with E-state index in [0.717, 1.165) is 34.9 Å². The van der Waals surface area contributed by atoms with Crippen molar-refractivity contribution < 1.29 is 0 Å². The van der Waals surface area contributed by atoms with E-state index in [9.17, 15) is 0 Å². The monoisotopic (exact) mass is 348 g/mol. The molecule has 0 amide bonds. The quantitative estimate of drug-likeness (QED) is 0.467. The molecule has 0 spiro atoms. The summed E-state index contributed by atoms with van der Waals surface area (Å²) in [6, 6.07) is 0. The van der Waals surface area contributed by atoms with Crippen molar-refractivity contribution in [2.75, 3.05) is 26.2 Å². The molecule has 7 heteroatoms. The molecule has 2 atom stereocenters. The van der Waals surface area contributed by atoms with Crippen LogP contribution in [0.4, 0.5) is 0 Å². The second-order valence-corrected chi connectivity index (χ2v) is 8.81. The van der Waals surface area contributed by atoms with Crippen molar-refractivity contribution >= 4 is 34.9 Å². The molecule has 1 rings (SSSR count). The van der Waals surface area contributed by atoms with E-state index in [1.54, 1.807) is 11.3 Å². The summed E-state index contributed by atoms with van der Waals surface area (Å²) in [6.07, 6.45) is 0. The molecule has 1 aromatic rings. The summed E-state index contributed by atoms with van der Waals surface area (Å²) in [6.45, 7) is 17.6. The van der Waals surface area contributed by atoms with Crippen LogP contribution in [0, 0.1) is 0 Å². The van der Waals surface area contributed by atoms with E-state index >= 15 is 0 Å². The molecular weight excluding hydrogens is 320 g/mol. The molecule has 0 aliphatic carbocycles. The van der Waals surface area contributed by atoms with Crippen LogP contribution < -0.4 is 0 Å². The van der Waals surface area contributed by atoms with Crippen LogP contribution in [0.1, 0.15) is 41.5 Å². The molecular formula is C14H28N4S3. The third-order valence-electron chi connectivity index (χ3n) is 3.58. The smallest absolute Gasteiger partial charge is 0.176 e. The maximum Gasteiger partial charge on any atom is 0.176 e. The van der Waals surface area contributed by atoms with Crippen LogP contribution in [0.3, 0.4) is 0 Å². The molecule has 0 bridgehead atoms. The van der Waals surface area contributed by atoms with Gasteiger partial charge in [0.05, 0.1) is 10.7 Å². The largest absolute Gasteiger partial charge is 0.292 e. The Kier molecular flexibility index (Phi) is 9.20. The van der Waals surface area contributed by atoms with Crippen molar-refractivity contribution in [2.24, 2.45) is 0 Å². The van der Waals surface area contributed by atoms with Gasteiger partial charge in [-0.25, -0.2) is 0 Å². The summed E-state index contributed by atoms with van der Waals surface area (Å²) in [4.78, 5) is 4.86. The van der Waals surface area contributed by atoms with Gasteiger partial charge < -0.3 is 0 Å². The molecule has 0 saturated carbocycles. The fourth-order valence-corrected chi connectivity index (χ4v) is 6.03. The first-order chi connectivity index (χ1) is 10.0. The number of rotatable bonds is 10. The van der Waals surface area contributed by atoms with Gasteiger partial charge >= 0.3 is 0 Å². The summed E-state index contributed by atoms with van der Waals surface area (Å²) >= 11 is 5.34. The lowest BCUT2D eigenvalue weighted by molar-refractivity contribution is 0.297. The first kappa shape index (κ1) is 19.2. The topological polar surface area (TPSA) is 32.3 Å². The average molecular weight is 349 g/mol. The summed E-state index contributed by atoms with van der Waals surface area (Å²) in [5.41, 5.74) is 0. The van der Waals surface area contributed by atoms with Gasteiger partial charge in [0.1, 0.15) is 0 Å². The highest BCUT2D eigenvalue weighted by atomic mass is 32.2. The Morgan fingerprint density at radius 3 is 1.43 bits per heavy atom. The van der Waals surface area contributed by atoms with E-state index in [-0.39, 0.29) is 0 Å². The maximum atomic E-state index is 4.34. The van der Waals surface area contributed by atoms with Crippen molar-refractivity contribution in [1.29, 1.82) is 0 Å². The number of nitrogens with zero attached hydrogens (tertiary/aromatic N) is 4. The van der Waals surface area contributed by atoms with E-state index in [2.05, 4.69) is 61.5 Å². The number of hydrogen-bond acceptors (Lipinski definition) is 7. The fourth-order valence-electron chi connectivity index (χ4n) is 2.21. The molecule has 0 N–H and O–H groups in total. The van der Waals surface area contributed by atoms with E-state index in [1.165, 1.54) is 0 Å². The number of aromatic nitrogens is 2. The van der Waals surface area contributed by atoms with Crippen LogP contribution in [-0.4, -0.2) is 56.9 Å². The van der Waals surface area contributed by atoms with Crippen LogP contribution in [-0.2, 0) is 0 Å². The summed E-state index contributed by atoms with van der Waals surface area (Å²) < 4.78 is 2.15. The molecule has 1 heterocycles. The standard InChI is InChI=1S/C14H28N4S3/c1-7-17(8-2)11(5)19-13-15-16-14(21-13)20-12(6)18(9-3)10-4/h11-12H,7-10H2,1-6H3. The highest BCUT2D eigenvalue weighted by Crippen LogP contribution is 2.34. The molecule has 0 radical (unpaired) electrons. The van der Waals surface area contributed by atoms with Gasteiger partial charge in [0.15, 0.2) is 8.68 Å². The molecule has 0 aromatic carbocycles. The molecule has 0 fully saturated rings. The molecule has 122 valence electrons. The van der Waals surface area contributed by atoms with Crippen LogP contribution in [0.5, 0.6) is 0 Å². The van der Waals surface area contributed by atoms with Gasteiger partial charge in [-0.3, -0.25) is 9.80 Å². The zero-order valence-electron chi connectivity index (χ0n) is 14.0. The summed E-state index contributed by atoms with van der Waals surface area (Å²) in [5, 5.41) is 9.57. The summed E-state index contributed by atoms with van der Waals surface area (Å²) in [7, 11) is 0. The summed E-state index contributed by atoms with van der Waals surface area (Å²) in [5.74, 6) is 0. The molecule has 21 heavy (non-hydrogen) atoms. The molecule has 1 aromatic heterocycles. The van der Waals surface area contributed by atoms with Crippen LogP contribution in [0.2, 0.25) is 0 Å². The zero-order chi connectivity index (χ0) is 15.8. The second-order valence-electron chi connectivity index (χ2n) is 4.71. The maximum absolute atomic E-state index is 4.34. The second kappa shape index (κ2) is 10.0. The van der Waals surface area contributed by atoms with Gasteiger partial charge in [-0.15, -0.1) is 10.2 Å². The molecule has 0 aliphatic heterocycles. The van der Waals surface area contributed by atoms with Gasteiger partial charge in [0, 0.05) is 0 Å².